The summed E-state index contributed by atoms with van der Waals surface area (Å²) >= 11 is 0. The second kappa shape index (κ2) is 8.18. The van der Waals surface area contributed by atoms with Gasteiger partial charge in [0.05, 0.1) is 19.8 Å². The highest BCUT2D eigenvalue weighted by molar-refractivity contribution is 4.85. The molecule has 0 aliphatic rings. The molecular formula is C12H24N4O2. The van der Waals surface area contributed by atoms with E-state index in [9.17, 15) is 0 Å². The molecule has 1 rings (SSSR count). The Balaban J connectivity index is 2.59. The van der Waals surface area contributed by atoms with E-state index in [0.29, 0.717) is 25.6 Å². The van der Waals surface area contributed by atoms with Gasteiger partial charge in [0.15, 0.2) is 0 Å². The van der Waals surface area contributed by atoms with Crippen LogP contribution >= 0.6 is 0 Å². The van der Waals surface area contributed by atoms with Crippen molar-refractivity contribution >= 4 is 0 Å². The molecule has 1 aromatic rings. The van der Waals surface area contributed by atoms with Gasteiger partial charge in [0.2, 0.25) is 0 Å². The summed E-state index contributed by atoms with van der Waals surface area (Å²) in [5.74, 6) is 1.48. The number of hydrogen-bond donors (Lipinski definition) is 1. The van der Waals surface area contributed by atoms with Crippen LogP contribution in [0.15, 0.2) is 6.33 Å². The van der Waals surface area contributed by atoms with Crippen molar-refractivity contribution in [1.82, 2.24) is 19.7 Å². The van der Waals surface area contributed by atoms with E-state index in [1.54, 1.807) is 13.4 Å². The zero-order chi connectivity index (χ0) is 13.4. The van der Waals surface area contributed by atoms with Gasteiger partial charge in [-0.25, -0.2) is 9.67 Å². The number of nitrogens with zero attached hydrogens (tertiary/aromatic N) is 4. The van der Waals surface area contributed by atoms with Crippen molar-refractivity contribution in [2.45, 2.75) is 26.9 Å². The first-order valence-electron chi connectivity index (χ1n) is 6.36. The molecular weight excluding hydrogens is 232 g/mol. The molecule has 104 valence electrons. The summed E-state index contributed by atoms with van der Waals surface area (Å²) in [5.41, 5.74) is 0. The number of aliphatic hydroxyl groups excluding tert-OH is 1. The second-order valence-corrected chi connectivity index (χ2v) is 4.74. The fourth-order valence-electron chi connectivity index (χ4n) is 1.74. The highest BCUT2D eigenvalue weighted by atomic mass is 16.5. The van der Waals surface area contributed by atoms with Gasteiger partial charge < -0.3 is 9.84 Å². The summed E-state index contributed by atoms with van der Waals surface area (Å²) in [7, 11) is 1.68. The molecule has 0 aliphatic heterocycles. The van der Waals surface area contributed by atoms with Gasteiger partial charge in [0.1, 0.15) is 12.2 Å². The zero-order valence-electron chi connectivity index (χ0n) is 11.5. The average Bonchev–Trinajstić information content (AvgIpc) is 2.73. The lowest BCUT2D eigenvalue weighted by Gasteiger charge is -2.20. The number of rotatable bonds is 9. The number of hydrogen-bond acceptors (Lipinski definition) is 5. The van der Waals surface area contributed by atoms with E-state index in [1.807, 2.05) is 4.68 Å². The predicted molar refractivity (Wildman–Crippen MR) is 69.1 cm³/mol. The van der Waals surface area contributed by atoms with Crippen LogP contribution in [-0.4, -0.2) is 58.2 Å². The van der Waals surface area contributed by atoms with Crippen molar-refractivity contribution < 1.29 is 9.84 Å². The van der Waals surface area contributed by atoms with Crippen molar-refractivity contribution in [3.63, 3.8) is 0 Å². The Morgan fingerprint density at radius 1 is 1.44 bits per heavy atom. The van der Waals surface area contributed by atoms with Crippen LogP contribution in [-0.2, 0) is 17.8 Å². The van der Waals surface area contributed by atoms with E-state index >= 15 is 0 Å². The third-order valence-electron chi connectivity index (χ3n) is 2.63. The third kappa shape index (κ3) is 5.12. The molecule has 0 aliphatic carbocycles. The van der Waals surface area contributed by atoms with Gasteiger partial charge in [-0.15, -0.1) is 0 Å². The summed E-state index contributed by atoms with van der Waals surface area (Å²) in [6, 6.07) is 0. The fraction of sp³-hybridized carbons (Fsp3) is 0.833. The maximum absolute atomic E-state index is 9.05. The maximum Gasteiger partial charge on any atom is 0.141 e. The smallest absolute Gasteiger partial charge is 0.141 e. The molecule has 18 heavy (non-hydrogen) atoms. The Morgan fingerprint density at radius 3 is 2.83 bits per heavy atom. The van der Waals surface area contributed by atoms with E-state index in [4.69, 9.17) is 9.84 Å². The highest BCUT2D eigenvalue weighted by Gasteiger charge is 2.11. The van der Waals surface area contributed by atoms with Gasteiger partial charge in [-0.1, -0.05) is 13.8 Å². The molecule has 0 unspecified atom stereocenters. The summed E-state index contributed by atoms with van der Waals surface area (Å²) in [6.07, 6.45) is 1.59. The topological polar surface area (TPSA) is 63.4 Å². The molecule has 6 nitrogen and oxygen atoms in total. The summed E-state index contributed by atoms with van der Waals surface area (Å²) in [5, 5.41) is 13.3. The van der Waals surface area contributed by atoms with Gasteiger partial charge in [-0.3, -0.25) is 4.90 Å². The Kier molecular flexibility index (Phi) is 6.85. The van der Waals surface area contributed by atoms with Crippen LogP contribution in [0.4, 0.5) is 0 Å². The van der Waals surface area contributed by atoms with Crippen LogP contribution in [0.1, 0.15) is 19.7 Å². The fourth-order valence-corrected chi connectivity index (χ4v) is 1.74. The van der Waals surface area contributed by atoms with E-state index in [0.717, 1.165) is 18.9 Å². The van der Waals surface area contributed by atoms with Crippen LogP contribution < -0.4 is 0 Å². The summed E-state index contributed by atoms with van der Waals surface area (Å²) < 4.78 is 7.00. The van der Waals surface area contributed by atoms with Gasteiger partial charge in [0.25, 0.3) is 0 Å². The Morgan fingerprint density at radius 2 is 2.22 bits per heavy atom. The van der Waals surface area contributed by atoms with Crippen LogP contribution in [0.25, 0.3) is 0 Å². The molecule has 0 radical (unpaired) electrons. The first kappa shape index (κ1) is 15.1. The van der Waals surface area contributed by atoms with E-state index < -0.39 is 0 Å². The second-order valence-electron chi connectivity index (χ2n) is 4.74. The Hall–Kier alpha value is -0.980. The summed E-state index contributed by atoms with van der Waals surface area (Å²) in [6.45, 7) is 8.07. The van der Waals surface area contributed by atoms with Crippen molar-refractivity contribution in [2.24, 2.45) is 5.92 Å². The van der Waals surface area contributed by atoms with Crippen molar-refractivity contribution in [2.75, 3.05) is 33.4 Å². The maximum atomic E-state index is 9.05. The van der Waals surface area contributed by atoms with E-state index in [1.165, 1.54) is 0 Å². The zero-order valence-corrected chi connectivity index (χ0v) is 11.5. The first-order valence-corrected chi connectivity index (χ1v) is 6.36. The molecule has 6 heteroatoms. The van der Waals surface area contributed by atoms with Crippen molar-refractivity contribution in [1.29, 1.82) is 0 Å². The van der Waals surface area contributed by atoms with Crippen LogP contribution in [0.5, 0.6) is 0 Å². The van der Waals surface area contributed by atoms with Gasteiger partial charge >= 0.3 is 0 Å². The normalized spacial score (nSPS) is 11.7. The Bertz CT molecular complexity index is 328. The largest absolute Gasteiger partial charge is 0.395 e. The average molecular weight is 256 g/mol. The van der Waals surface area contributed by atoms with Gasteiger partial charge in [-0.2, -0.15) is 5.10 Å². The van der Waals surface area contributed by atoms with Crippen LogP contribution in [0.2, 0.25) is 0 Å². The van der Waals surface area contributed by atoms with Crippen LogP contribution in [0.3, 0.4) is 0 Å². The lowest BCUT2D eigenvalue weighted by atomic mass is 10.2. The minimum Gasteiger partial charge on any atom is -0.395 e. The predicted octanol–water partition coefficient (Wildman–Crippen LogP) is 0.375. The molecule has 1 N–H and O–H groups in total. The number of aliphatic hydroxyl groups is 1. The minimum absolute atomic E-state index is 0.141. The molecule has 0 atom stereocenters. The Labute approximate surface area is 109 Å². The third-order valence-corrected chi connectivity index (χ3v) is 2.63. The van der Waals surface area contributed by atoms with E-state index in [2.05, 4.69) is 28.8 Å². The molecule has 0 amide bonds. The van der Waals surface area contributed by atoms with E-state index in [-0.39, 0.29) is 6.61 Å². The van der Waals surface area contributed by atoms with Gasteiger partial charge in [0, 0.05) is 26.7 Å². The molecule has 0 bridgehead atoms. The molecule has 1 aromatic heterocycles. The minimum atomic E-state index is 0.141. The molecule has 0 spiro atoms. The molecule has 0 saturated carbocycles. The lowest BCUT2D eigenvalue weighted by molar-refractivity contribution is 0.124. The van der Waals surface area contributed by atoms with Crippen molar-refractivity contribution in [3.05, 3.63) is 12.2 Å². The standard InChI is InChI=1S/C12H24N4O2/c1-11(2)8-16-12(13-10-14-16)9-15(4-6-17)5-7-18-3/h10-11,17H,4-9H2,1-3H3. The molecule has 1 heterocycles. The quantitative estimate of drug-likeness (QED) is 0.692. The first-order chi connectivity index (χ1) is 8.67. The number of ether oxygens (including phenoxy) is 1. The highest BCUT2D eigenvalue weighted by Crippen LogP contribution is 2.04. The SMILES string of the molecule is COCCN(CCO)Cc1ncnn1CC(C)C. The molecule has 0 fully saturated rings. The molecule has 0 saturated heterocycles. The number of methoxy groups -OCH3 is 1. The number of aromatic nitrogens is 3. The summed E-state index contributed by atoms with van der Waals surface area (Å²) in [4.78, 5) is 6.40. The monoisotopic (exact) mass is 256 g/mol. The molecule has 0 aromatic carbocycles. The van der Waals surface area contributed by atoms with Crippen molar-refractivity contribution in [3.8, 4) is 0 Å². The van der Waals surface area contributed by atoms with Crippen LogP contribution in [0, 0.1) is 5.92 Å². The van der Waals surface area contributed by atoms with Gasteiger partial charge in [-0.05, 0) is 5.92 Å². The lowest BCUT2D eigenvalue weighted by Crippen LogP contribution is -2.31.